The Balaban J connectivity index is 1.79. The van der Waals surface area contributed by atoms with Gasteiger partial charge in [-0.1, -0.05) is 12.1 Å². The maximum absolute atomic E-state index is 12.1. The van der Waals surface area contributed by atoms with Crippen LogP contribution < -0.4 is 10.2 Å². The second kappa shape index (κ2) is 7.98. The Hall–Kier alpha value is -2.76. The second-order valence-corrected chi connectivity index (χ2v) is 11.0. The summed E-state index contributed by atoms with van der Waals surface area (Å²) in [6, 6.07) is 7.93. The minimum Gasteiger partial charge on any atom is -0.377 e. The monoisotopic (exact) mass is 472 g/mol. The minimum absolute atomic E-state index is 0.0644. The summed E-state index contributed by atoms with van der Waals surface area (Å²) in [4.78, 5) is 16.7. The van der Waals surface area contributed by atoms with Gasteiger partial charge in [-0.2, -0.15) is 4.98 Å². The molecule has 32 heavy (non-hydrogen) atoms. The molecule has 1 fully saturated rings. The zero-order valence-electron chi connectivity index (χ0n) is 18.1. The largest absolute Gasteiger partial charge is 0.377 e. The van der Waals surface area contributed by atoms with Crippen LogP contribution in [0.4, 0.5) is 11.8 Å². The smallest absolute Gasteiger partial charge is 0.239 e. The van der Waals surface area contributed by atoms with Crippen molar-refractivity contribution in [1.29, 1.82) is 0 Å². The summed E-state index contributed by atoms with van der Waals surface area (Å²) in [6.07, 6.45) is 1.24. The number of hydrogen-bond acceptors (Lipinski definition) is 9. The van der Waals surface area contributed by atoms with Crippen molar-refractivity contribution < 1.29 is 13.2 Å². The van der Waals surface area contributed by atoms with Crippen molar-refractivity contribution in [2.45, 2.75) is 18.7 Å². The molecule has 0 amide bonds. The van der Waals surface area contributed by atoms with E-state index in [9.17, 15) is 8.42 Å². The van der Waals surface area contributed by atoms with Crippen LogP contribution >= 0.6 is 11.3 Å². The molecule has 5 rings (SSSR count). The zero-order valence-corrected chi connectivity index (χ0v) is 19.7. The molecule has 1 saturated heterocycles. The first-order valence-corrected chi connectivity index (χ1v) is 13.3. The van der Waals surface area contributed by atoms with Gasteiger partial charge in [0.15, 0.2) is 15.7 Å². The van der Waals surface area contributed by atoms with Crippen LogP contribution in [0.15, 0.2) is 29.6 Å². The van der Waals surface area contributed by atoms with Gasteiger partial charge in [0.1, 0.15) is 0 Å². The number of benzene rings is 1. The number of rotatable bonds is 5. The van der Waals surface area contributed by atoms with Crippen LogP contribution in [0, 0.1) is 0 Å². The minimum atomic E-state index is -3.22. The Morgan fingerprint density at radius 1 is 1.25 bits per heavy atom. The van der Waals surface area contributed by atoms with E-state index in [1.807, 2.05) is 34.2 Å². The third kappa shape index (κ3) is 3.70. The molecule has 0 spiro atoms. The van der Waals surface area contributed by atoms with Gasteiger partial charge in [-0.25, -0.2) is 23.0 Å². The van der Waals surface area contributed by atoms with Crippen molar-refractivity contribution in [2.75, 3.05) is 43.3 Å². The van der Waals surface area contributed by atoms with Crippen LogP contribution in [0.1, 0.15) is 12.5 Å². The molecule has 0 saturated carbocycles. The van der Waals surface area contributed by atoms with Gasteiger partial charge < -0.3 is 15.0 Å². The Morgan fingerprint density at radius 3 is 2.81 bits per heavy atom. The van der Waals surface area contributed by atoms with Gasteiger partial charge in [0.2, 0.25) is 11.9 Å². The number of ether oxygens (including phenoxy) is 1. The zero-order chi connectivity index (χ0) is 22.5. The lowest BCUT2D eigenvalue weighted by atomic mass is 10.2. The lowest BCUT2D eigenvalue weighted by Crippen LogP contribution is -2.44. The van der Waals surface area contributed by atoms with Crippen LogP contribution in [0.2, 0.25) is 0 Å². The lowest BCUT2D eigenvalue weighted by Gasteiger charge is -2.34. The van der Waals surface area contributed by atoms with Crippen molar-refractivity contribution in [1.82, 2.24) is 19.5 Å². The fourth-order valence-electron chi connectivity index (χ4n) is 4.06. The molecule has 1 N–H and O–H groups in total. The van der Waals surface area contributed by atoms with Gasteiger partial charge in [-0.3, -0.25) is 0 Å². The van der Waals surface area contributed by atoms with Gasteiger partial charge >= 0.3 is 0 Å². The SMILES string of the molecule is CNc1nc2ccccc2n1-c1nc(N2CCOC[C@H]2C)c2scc(CS(C)(=O)=O)c2n1. The number of nitrogens with one attached hydrogen (secondary N) is 1. The van der Waals surface area contributed by atoms with Crippen molar-refractivity contribution in [3.63, 3.8) is 0 Å². The highest BCUT2D eigenvalue weighted by atomic mass is 32.2. The van der Waals surface area contributed by atoms with Crippen LogP contribution in [0.25, 0.3) is 27.2 Å². The molecule has 1 aliphatic rings. The average molecular weight is 473 g/mol. The first kappa shape index (κ1) is 21.1. The van der Waals surface area contributed by atoms with Crippen LogP contribution in [-0.2, 0) is 20.3 Å². The summed E-state index contributed by atoms with van der Waals surface area (Å²) >= 11 is 1.48. The normalized spacial score (nSPS) is 17.3. The number of aromatic nitrogens is 4. The predicted molar refractivity (Wildman–Crippen MR) is 128 cm³/mol. The van der Waals surface area contributed by atoms with E-state index in [1.54, 1.807) is 7.05 Å². The summed E-state index contributed by atoms with van der Waals surface area (Å²) in [5, 5.41) is 5.01. The van der Waals surface area contributed by atoms with Gasteiger partial charge in [-0.05, 0) is 24.4 Å². The molecule has 4 aromatic rings. The lowest BCUT2D eigenvalue weighted by molar-refractivity contribution is 0.0987. The molecule has 9 nitrogen and oxygen atoms in total. The molecule has 0 bridgehead atoms. The topological polar surface area (TPSA) is 102 Å². The number of fused-ring (bicyclic) bond motifs is 2. The van der Waals surface area contributed by atoms with E-state index in [0.29, 0.717) is 42.7 Å². The van der Waals surface area contributed by atoms with E-state index < -0.39 is 9.84 Å². The van der Waals surface area contributed by atoms with Crippen molar-refractivity contribution in [3.8, 4) is 5.95 Å². The highest BCUT2D eigenvalue weighted by molar-refractivity contribution is 7.89. The molecule has 168 valence electrons. The molecule has 3 aromatic heterocycles. The van der Waals surface area contributed by atoms with Crippen LogP contribution in [0.3, 0.4) is 0 Å². The molecule has 1 aromatic carbocycles. The van der Waals surface area contributed by atoms with E-state index in [4.69, 9.17) is 14.7 Å². The first-order chi connectivity index (χ1) is 15.4. The fourth-order valence-corrected chi connectivity index (χ4v) is 5.96. The number of sulfone groups is 1. The van der Waals surface area contributed by atoms with Gasteiger partial charge in [0.25, 0.3) is 0 Å². The third-order valence-electron chi connectivity index (χ3n) is 5.50. The Labute approximate surface area is 190 Å². The predicted octanol–water partition coefficient (Wildman–Crippen LogP) is 2.84. The summed E-state index contributed by atoms with van der Waals surface area (Å²) < 4.78 is 32.6. The standard InChI is InChI=1S/C21H24N6O3S2/c1-13-10-30-9-8-26(13)19-18-17(14(11-31-18)12-32(3,28)29)24-21(25-19)27-16-7-5-4-6-15(16)23-20(27)22-2/h4-7,11,13H,8-10,12H2,1-3H3,(H,22,23)/t13-/m1/s1. The van der Waals surface area contributed by atoms with E-state index >= 15 is 0 Å². The van der Waals surface area contributed by atoms with E-state index in [-0.39, 0.29) is 11.8 Å². The molecular weight excluding hydrogens is 448 g/mol. The number of imidazole rings is 1. The summed E-state index contributed by atoms with van der Waals surface area (Å²) in [6.45, 7) is 4.03. The molecular formula is C21H24N6O3S2. The quantitative estimate of drug-likeness (QED) is 0.473. The molecule has 0 aliphatic carbocycles. The van der Waals surface area contributed by atoms with E-state index in [0.717, 1.165) is 21.6 Å². The first-order valence-electron chi connectivity index (χ1n) is 10.3. The average Bonchev–Trinajstić information content (AvgIpc) is 3.33. The molecule has 11 heteroatoms. The number of anilines is 2. The summed E-state index contributed by atoms with van der Waals surface area (Å²) in [5.74, 6) is 1.81. The Kier molecular flexibility index (Phi) is 5.26. The molecule has 4 heterocycles. The number of nitrogens with zero attached hydrogens (tertiary/aromatic N) is 5. The van der Waals surface area contributed by atoms with Crippen molar-refractivity contribution in [3.05, 3.63) is 35.2 Å². The van der Waals surface area contributed by atoms with Gasteiger partial charge in [0.05, 0.1) is 46.3 Å². The molecule has 1 atom stereocenters. The number of morpholine rings is 1. The summed E-state index contributed by atoms with van der Waals surface area (Å²) in [7, 11) is -1.41. The maximum Gasteiger partial charge on any atom is 0.239 e. The van der Waals surface area contributed by atoms with Crippen LogP contribution in [-0.4, -0.2) is 67.0 Å². The van der Waals surface area contributed by atoms with E-state index in [2.05, 4.69) is 22.1 Å². The molecule has 0 unspecified atom stereocenters. The van der Waals surface area contributed by atoms with Gasteiger partial charge in [0, 0.05) is 25.4 Å². The maximum atomic E-state index is 12.1. The Bertz CT molecular complexity index is 1410. The number of hydrogen-bond donors (Lipinski definition) is 1. The van der Waals surface area contributed by atoms with E-state index in [1.165, 1.54) is 17.6 Å². The van der Waals surface area contributed by atoms with Crippen molar-refractivity contribution in [2.24, 2.45) is 0 Å². The van der Waals surface area contributed by atoms with Crippen LogP contribution in [0.5, 0.6) is 0 Å². The highest BCUT2D eigenvalue weighted by Gasteiger charge is 2.27. The highest BCUT2D eigenvalue weighted by Crippen LogP contribution is 2.36. The number of thiophene rings is 1. The van der Waals surface area contributed by atoms with Gasteiger partial charge in [-0.15, -0.1) is 11.3 Å². The second-order valence-electron chi connectivity index (χ2n) is 7.98. The third-order valence-corrected chi connectivity index (χ3v) is 7.35. The molecule has 0 radical (unpaired) electrons. The number of para-hydroxylation sites is 2. The molecule has 1 aliphatic heterocycles. The summed E-state index contributed by atoms with van der Waals surface area (Å²) in [5.41, 5.74) is 3.05. The Morgan fingerprint density at radius 2 is 2.06 bits per heavy atom. The fraction of sp³-hybridized carbons (Fsp3) is 0.381. The van der Waals surface area contributed by atoms with Crippen molar-refractivity contribution >= 4 is 54.2 Å².